The maximum absolute atomic E-state index is 12.3. The van der Waals surface area contributed by atoms with Crippen LogP contribution in [-0.2, 0) is 19.1 Å². The van der Waals surface area contributed by atoms with Gasteiger partial charge in [0.2, 0.25) is 0 Å². The van der Waals surface area contributed by atoms with E-state index in [0.717, 1.165) is 32.1 Å². The van der Waals surface area contributed by atoms with Gasteiger partial charge in [-0.25, -0.2) is 0 Å². The van der Waals surface area contributed by atoms with Gasteiger partial charge in [-0.1, -0.05) is 64.9 Å². The predicted molar refractivity (Wildman–Crippen MR) is 111 cm³/mol. The van der Waals surface area contributed by atoms with E-state index in [9.17, 15) is 14.4 Å². The zero-order chi connectivity index (χ0) is 20.3. The molecule has 0 fully saturated rings. The van der Waals surface area contributed by atoms with E-state index in [-0.39, 0.29) is 23.5 Å². The number of esters is 1. The molecule has 0 heterocycles. The Hall–Kier alpha value is -1.45. The standard InChI is InChI=1S/C23H40O4/c1-4-7-8-9-10-11-14-18-22(25)19-20(23(26)27-6-3)16-13-12-15-17-21(24)5-2/h5,20H,2,4,6-19H2,1,3H3/t20-/m1/s1. The van der Waals surface area contributed by atoms with Crippen LogP contribution in [-0.4, -0.2) is 24.1 Å². The number of rotatable bonds is 19. The molecule has 0 N–H and O–H groups in total. The fourth-order valence-corrected chi connectivity index (χ4v) is 3.19. The molecule has 4 nitrogen and oxygen atoms in total. The zero-order valence-corrected chi connectivity index (χ0v) is 17.6. The zero-order valence-electron chi connectivity index (χ0n) is 17.6. The van der Waals surface area contributed by atoms with Crippen molar-refractivity contribution >= 4 is 17.5 Å². The number of hydrogen-bond donors (Lipinski definition) is 0. The Balaban J connectivity index is 4.08. The maximum atomic E-state index is 12.3. The van der Waals surface area contributed by atoms with Crippen LogP contribution >= 0.6 is 0 Å². The molecule has 4 heteroatoms. The van der Waals surface area contributed by atoms with Gasteiger partial charge in [-0.2, -0.15) is 0 Å². The Kier molecular flexibility index (Phi) is 17.0. The lowest BCUT2D eigenvalue weighted by molar-refractivity contribution is -0.150. The lowest BCUT2D eigenvalue weighted by Crippen LogP contribution is -2.21. The Morgan fingerprint density at radius 2 is 1.44 bits per heavy atom. The Labute approximate surface area is 166 Å². The molecule has 0 saturated heterocycles. The molecule has 156 valence electrons. The first kappa shape index (κ1) is 25.6. The molecule has 0 spiro atoms. The van der Waals surface area contributed by atoms with Crippen LogP contribution in [0.15, 0.2) is 12.7 Å². The average molecular weight is 381 g/mol. The van der Waals surface area contributed by atoms with E-state index in [2.05, 4.69) is 13.5 Å². The summed E-state index contributed by atoms with van der Waals surface area (Å²) in [7, 11) is 0. The van der Waals surface area contributed by atoms with E-state index in [1.165, 1.54) is 38.2 Å². The molecule has 1 atom stereocenters. The van der Waals surface area contributed by atoms with Gasteiger partial charge in [0.25, 0.3) is 0 Å². The molecule has 0 amide bonds. The smallest absolute Gasteiger partial charge is 0.309 e. The van der Waals surface area contributed by atoms with Crippen LogP contribution in [0.25, 0.3) is 0 Å². The first-order valence-electron chi connectivity index (χ1n) is 10.9. The van der Waals surface area contributed by atoms with Gasteiger partial charge in [-0.15, -0.1) is 0 Å². The first-order chi connectivity index (χ1) is 13.0. The van der Waals surface area contributed by atoms with Crippen molar-refractivity contribution in [3.8, 4) is 0 Å². The summed E-state index contributed by atoms with van der Waals surface area (Å²) in [6.07, 6.45) is 14.2. The van der Waals surface area contributed by atoms with E-state index in [4.69, 9.17) is 4.74 Å². The van der Waals surface area contributed by atoms with E-state index in [1.807, 2.05) is 0 Å². The molecule has 0 aromatic heterocycles. The number of Topliss-reactive ketones (excluding diaryl/α,β-unsaturated/α-hetero) is 1. The van der Waals surface area contributed by atoms with Crippen molar-refractivity contribution in [1.29, 1.82) is 0 Å². The molecule has 0 radical (unpaired) electrons. The minimum Gasteiger partial charge on any atom is -0.466 e. The molecule has 0 bridgehead atoms. The van der Waals surface area contributed by atoms with Gasteiger partial charge in [0.15, 0.2) is 5.78 Å². The predicted octanol–water partition coefficient (Wildman–Crippen LogP) is 5.97. The van der Waals surface area contributed by atoms with Crippen molar-refractivity contribution in [2.45, 2.75) is 104 Å². The lowest BCUT2D eigenvalue weighted by Gasteiger charge is -2.15. The molecule has 0 unspecified atom stereocenters. The summed E-state index contributed by atoms with van der Waals surface area (Å²) in [6, 6.07) is 0. The van der Waals surface area contributed by atoms with Gasteiger partial charge >= 0.3 is 5.97 Å². The molecule has 0 aromatic rings. The second-order valence-electron chi connectivity index (χ2n) is 7.33. The minimum absolute atomic E-state index is 0.0572. The van der Waals surface area contributed by atoms with E-state index < -0.39 is 0 Å². The molecular formula is C23H40O4. The monoisotopic (exact) mass is 380 g/mol. The summed E-state index contributed by atoms with van der Waals surface area (Å²) >= 11 is 0. The van der Waals surface area contributed by atoms with Crippen LogP contribution < -0.4 is 0 Å². The fourth-order valence-electron chi connectivity index (χ4n) is 3.19. The van der Waals surface area contributed by atoms with Gasteiger partial charge in [-0.3, -0.25) is 14.4 Å². The van der Waals surface area contributed by atoms with Crippen molar-refractivity contribution in [3.63, 3.8) is 0 Å². The van der Waals surface area contributed by atoms with Crippen LogP contribution in [0.2, 0.25) is 0 Å². The highest BCUT2D eigenvalue weighted by atomic mass is 16.5. The van der Waals surface area contributed by atoms with Gasteiger partial charge in [0.05, 0.1) is 12.5 Å². The van der Waals surface area contributed by atoms with Crippen molar-refractivity contribution in [2.75, 3.05) is 6.61 Å². The molecule has 0 saturated carbocycles. The molecule has 0 aliphatic carbocycles. The van der Waals surface area contributed by atoms with Crippen molar-refractivity contribution in [3.05, 3.63) is 12.7 Å². The largest absolute Gasteiger partial charge is 0.466 e. The molecule has 0 aliphatic rings. The molecule has 0 aliphatic heterocycles. The number of ether oxygens (including phenoxy) is 1. The molecule has 0 rings (SSSR count). The summed E-state index contributed by atoms with van der Waals surface area (Å²) in [5, 5.41) is 0. The molecule has 27 heavy (non-hydrogen) atoms. The summed E-state index contributed by atoms with van der Waals surface area (Å²) in [6.45, 7) is 7.80. The van der Waals surface area contributed by atoms with Crippen molar-refractivity contribution < 1.29 is 19.1 Å². The fraction of sp³-hybridized carbons (Fsp3) is 0.783. The van der Waals surface area contributed by atoms with Crippen LogP contribution in [0.4, 0.5) is 0 Å². The third-order valence-corrected chi connectivity index (χ3v) is 4.86. The van der Waals surface area contributed by atoms with Crippen LogP contribution in [0.5, 0.6) is 0 Å². The van der Waals surface area contributed by atoms with Gasteiger partial charge in [0, 0.05) is 19.3 Å². The first-order valence-corrected chi connectivity index (χ1v) is 10.9. The normalized spacial score (nSPS) is 11.8. The Bertz CT molecular complexity index is 428. The third kappa shape index (κ3) is 15.3. The van der Waals surface area contributed by atoms with Gasteiger partial charge in [0.1, 0.15) is 5.78 Å². The minimum atomic E-state index is -0.336. The number of ketones is 2. The second-order valence-corrected chi connectivity index (χ2v) is 7.33. The van der Waals surface area contributed by atoms with Crippen molar-refractivity contribution in [1.82, 2.24) is 0 Å². The summed E-state index contributed by atoms with van der Waals surface area (Å²) in [5.41, 5.74) is 0. The SMILES string of the molecule is C=CC(=O)CCCCC[C@H](CC(=O)CCCCCCCCC)C(=O)OCC. The van der Waals surface area contributed by atoms with E-state index >= 15 is 0 Å². The quantitative estimate of drug-likeness (QED) is 0.157. The third-order valence-electron chi connectivity index (χ3n) is 4.86. The number of carbonyl (C=O) groups excluding carboxylic acids is 3. The highest BCUT2D eigenvalue weighted by molar-refractivity contribution is 5.88. The summed E-state index contributed by atoms with van der Waals surface area (Å²) < 4.78 is 5.14. The van der Waals surface area contributed by atoms with Gasteiger partial charge in [-0.05, 0) is 32.3 Å². The Morgan fingerprint density at radius 1 is 0.852 bits per heavy atom. The number of carbonyl (C=O) groups is 3. The summed E-state index contributed by atoms with van der Waals surface area (Å²) in [5.74, 6) is -0.366. The second kappa shape index (κ2) is 17.9. The van der Waals surface area contributed by atoms with Gasteiger partial charge < -0.3 is 4.74 Å². The van der Waals surface area contributed by atoms with E-state index in [1.54, 1.807) is 6.92 Å². The lowest BCUT2D eigenvalue weighted by atomic mass is 9.93. The van der Waals surface area contributed by atoms with Crippen LogP contribution in [0, 0.1) is 5.92 Å². The van der Waals surface area contributed by atoms with E-state index in [0.29, 0.717) is 32.3 Å². The van der Waals surface area contributed by atoms with Crippen LogP contribution in [0.1, 0.15) is 104 Å². The number of allylic oxidation sites excluding steroid dienone is 1. The van der Waals surface area contributed by atoms with Crippen molar-refractivity contribution in [2.24, 2.45) is 5.92 Å². The summed E-state index contributed by atoms with van der Waals surface area (Å²) in [4.78, 5) is 35.6. The Morgan fingerprint density at radius 3 is 2.07 bits per heavy atom. The molecular weight excluding hydrogens is 340 g/mol. The number of unbranched alkanes of at least 4 members (excludes halogenated alkanes) is 8. The topological polar surface area (TPSA) is 60.4 Å². The highest BCUT2D eigenvalue weighted by Gasteiger charge is 2.22. The highest BCUT2D eigenvalue weighted by Crippen LogP contribution is 2.19. The average Bonchev–Trinajstić information content (AvgIpc) is 2.66. The molecule has 0 aromatic carbocycles. The van der Waals surface area contributed by atoms with Crippen LogP contribution in [0.3, 0.4) is 0 Å². The number of hydrogen-bond acceptors (Lipinski definition) is 4. The maximum Gasteiger partial charge on any atom is 0.309 e.